The first-order valence-electron chi connectivity index (χ1n) is 5.94. The van der Waals surface area contributed by atoms with Gasteiger partial charge >= 0.3 is 0 Å². The number of imidazole rings is 1. The Bertz CT molecular complexity index is 483. The molecular weight excluding hydrogens is 214 g/mol. The van der Waals surface area contributed by atoms with Crippen molar-refractivity contribution in [1.82, 2.24) is 19.3 Å². The molecule has 5 heteroatoms. The van der Waals surface area contributed by atoms with Crippen LogP contribution in [0.2, 0.25) is 0 Å². The van der Waals surface area contributed by atoms with Crippen LogP contribution < -0.4 is 5.32 Å². The van der Waals surface area contributed by atoms with Crippen LogP contribution in [0.4, 0.5) is 5.69 Å². The van der Waals surface area contributed by atoms with Gasteiger partial charge in [-0.3, -0.25) is 4.68 Å². The van der Waals surface area contributed by atoms with E-state index in [2.05, 4.69) is 26.9 Å². The zero-order valence-electron chi connectivity index (χ0n) is 10.6. The SMILES string of the molecule is CCCn1cncc1CNc1cn(C)nc1C. The molecular formula is C12H19N5. The molecule has 2 aromatic heterocycles. The molecule has 0 amide bonds. The number of rotatable bonds is 5. The maximum absolute atomic E-state index is 4.30. The highest BCUT2D eigenvalue weighted by atomic mass is 15.3. The van der Waals surface area contributed by atoms with Crippen molar-refractivity contribution in [2.24, 2.45) is 7.05 Å². The van der Waals surface area contributed by atoms with Crippen LogP contribution in [-0.2, 0) is 20.1 Å². The number of nitrogens with zero attached hydrogens (tertiary/aromatic N) is 4. The van der Waals surface area contributed by atoms with Gasteiger partial charge in [0.25, 0.3) is 0 Å². The highest BCUT2D eigenvalue weighted by molar-refractivity contribution is 5.45. The lowest BCUT2D eigenvalue weighted by Gasteiger charge is -2.08. The van der Waals surface area contributed by atoms with Crippen LogP contribution in [0.15, 0.2) is 18.7 Å². The van der Waals surface area contributed by atoms with Crippen molar-refractivity contribution in [3.8, 4) is 0 Å². The molecule has 0 fully saturated rings. The van der Waals surface area contributed by atoms with Gasteiger partial charge in [-0.05, 0) is 13.3 Å². The third-order valence-electron chi connectivity index (χ3n) is 2.74. The molecule has 0 radical (unpaired) electrons. The summed E-state index contributed by atoms with van der Waals surface area (Å²) in [6, 6.07) is 0. The number of hydrogen-bond donors (Lipinski definition) is 1. The third kappa shape index (κ3) is 2.67. The minimum Gasteiger partial charge on any atom is -0.377 e. The second-order valence-electron chi connectivity index (χ2n) is 4.23. The van der Waals surface area contributed by atoms with Crippen LogP contribution in [0.25, 0.3) is 0 Å². The predicted octanol–water partition coefficient (Wildman–Crippen LogP) is 1.95. The molecule has 0 saturated carbocycles. The van der Waals surface area contributed by atoms with Crippen molar-refractivity contribution in [2.45, 2.75) is 33.4 Å². The molecule has 0 spiro atoms. The standard InChI is InChI=1S/C12H19N5/c1-4-5-17-9-13-6-11(17)7-14-12-8-16(3)15-10(12)2/h6,8-9,14H,4-5,7H2,1-3H3. The number of nitrogens with one attached hydrogen (secondary N) is 1. The lowest BCUT2D eigenvalue weighted by molar-refractivity contribution is 0.651. The Morgan fingerprint density at radius 1 is 1.41 bits per heavy atom. The van der Waals surface area contributed by atoms with Crippen molar-refractivity contribution >= 4 is 5.69 Å². The summed E-state index contributed by atoms with van der Waals surface area (Å²) in [5.41, 5.74) is 3.31. The average Bonchev–Trinajstić information content (AvgIpc) is 2.83. The average molecular weight is 233 g/mol. The Labute approximate surface area is 101 Å². The van der Waals surface area contributed by atoms with Gasteiger partial charge < -0.3 is 9.88 Å². The molecule has 1 N–H and O–H groups in total. The molecule has 2 rings (SSSR count). The van der Waals surface area contributed by atoms with Crippen molar-refractivity contribution < 1.29 is 0 Å². The minimum absolute atomic E-state index is 0.784. The van der Waals surface area contributed by atoms with E-state index in [0.717, 1.165) is 30.9 Å². The predicted molar refractivity (Wildman–Crippen MR) is 67.8 cm³/mol. The molecule has 2 aromatic rings. The summed E-state index contributed by atoms with van der Waals surface area (Å²) >= 11 is 0. The van der Waals surface area contributed by atoms with E-state index >= 15 is 0 Å². The van der Waals surface area contributed by atoms with Gasteiger partial charge in [0.15, 0.2) is 0 Å². The van der Waals surface area contributed by atoms with Crippen LogP contribution in [0.5, 0.6) is 0 Å². The topological polar surface area (TPSA) is 47.7 Å². The van der Waals surface area contributed by atoms with Gasteiger partial charge in [-0.2, -0.15) is 5.10 Å². The molecule has 0 aliphatic carbocycles. The van der Waals surface area contributed by atoms with Crippen LogP contribution in [-0.4, -0.2) is 19.3 Å². The van der Waals surface area contributed by atoms with Crippen molar-refractivity contribution in [3.05, 3.63) is 30.1 Å². The summed E-state index contributed by atoms with van der Waals surface area (Å²) < 4.78 is 4.00. The van der Waals surface area contributed by atoms with Crippen LogP contribution in [0.1, 0.15) is 24.7 Å². The zero-order chi connectivity index (χ0) is 12.3. The van der Waals surface area contributed by atoms with Crippen LogP contribution in [0.3, 0.4) is 0 Å². The smallest absolute Gasteiger partial charge is 0.0948 e. The molecule has 0 unspecified atom stereocenters. The van der Waals surface area contributed by atoms with Crippen LogP contribution >= 0.6 is 0 Å². The third-order valence-corrected chi connectivity index (χ3v) is 2.74. The molecule has 92 valence electrons. The normalized spacial score (nSPS) is 10.8. The summed E-state index contributed by atoms with van der Waals surface area (Å²) in [7, 11) is 1.93. The quantitative estimate of drug-likeness (QED) is 0.858. The molecule has 0 atom stereocenters. The summed E-state index contributed by atoms with van der Waals surface area (Å²) in [6.07, 6.45) is 6.91. The van der Waals surface area contributed by atoms with E-state index in [1.807, 2.05) is 37.4 Å². The number of aryl methyl sites for hydroxylation is 3. The van der Waals surface area contributed by atoms with Crippen LogP contribution in [0, 0.1) is 6.92 Å². The Kier molecular flexibility index (Phi) is 3.46. The van der Waals surface area contributed by atoms with Gasteiger partial charge in [0.05, 0.1) is 29.9 Å². The fourth-order valence-corrected chi connectivity index (χ4v) is 1.90. The van der Waals surface area contributed by atoms with Gasteiger partial charge in [-0.15, -0.1) is 0 Å². The molecule has 5 nitrogen and oxygen atoms in total. The number of hydrogen-bond acceptors (Lipinski definition) is 3. The van der Waals surface area contributed by atoms with E-state index in [4.69, 9.17) is 0 Å². The molecule has 17 heavy (non-hydrogen) atoms. The fourth-order valence-electron chi connectivity index (χ4n) is 1.90. The molecule has 0 bridgehead atoms. The van der Waals surface area contributed by atoms with E-state index in [-0.39, 0.29) is 0 Å². The zero-order valence-corrected chi connectivity index (χ0v) is 10.6. The summed E-state index contributed by atoms with van der Waals surface area (Å²) in [5, 5.41) is 7.69. The van der Waals surface area contributed by atoms with Gasteiger partial charge in [-0.25, -0.2) is 4.98 Å². The minimum atomic E-state index is 0.784. The number of anilines is 1. The molecule has 0 saturated heterocycles. The Morgan fingerprint density at radius 3 is 2.88 bits per heavy atom. The monoisotopic (exact) mass is 233 g/mol. The van der Waals surface area contributed by atoms with Crippen molar-refractivity contribution in [3.63, 3.8) is 0 Å². The first kappa shape index (κ1) is 11.7. The molecule has 0 aromatic carbocycles. The Hall–Kier alpha value is -1.78. The molecule has 2 heterocycles. The second kappa shape index (κ2) is 5.03. The van der Waals surface area contributed by atoms with Gasteiger partial charge in [0, 0.05) is 26.0 Å². The fraction of sp³-hybridized carbons (Fsp3) is 0.500. The van der Waals surface area contributed by atoms with E-state index in [9.17, 15) is 0 Å². The second-order valence-corrected chi connectivity index (χ2v) is 4.23. The first-order chi connectivity index (χ1) is 8.20. The Morgan fingerprint density at radius 2 is 2.24 bits per heavy atom. The molecule has 0 aliphatic rings. The van der Waals surface area contributed by atoms with Gasteiger partial charge in [0.2, 0.25) is 0 Å². The largest absolute Gasteiger partial charge is 0.377 e. The highest BCUT2D eigenvalue weighted by Crippen LogP contribution is 2.13. The maximum atomic E-state index is 4.30. The maximum Gasteiger partial charge on any atom is 0.0948 e. The van der Waals surface area contributed by atoms with E-state index in [0.29, 0.717) is 0 Å². The lowest BCUT2D eigenvalue weighted by atomic mass is 10.3. The van der Waals surface area contributed by atoms with Crippen molar-refractivity contribution in [1.29, 1.82) is 0 Å². The summed E-state index contributed by atoms with van der Waals surface area (Å²) in [6.45, 7) is 5.98. The van der Waals surface area contributed by atoms with Gasteiger partial charge in [-0.1, -0.05) is 6.92 Å². The summed E-state index contributed by atoms with van der Waals surface area (Å²) in [4.78, 5) is 4.18. The summed E-state index contributed by atoms with van der Waals surface area (Å²) in [5.74, 6) is 0. The van der Waals surface area contributed by atoms with E-state index in [1.54, 1.807) is 0 Å². The van der Waals surface area contributed by atoms with E-state index in [1.165, 1.54) is 5.69 Å². The van der Waals surface area contributed by atoms with E-state index < -0.39 is 0 Å². The van der Waals surface area contributed by atoms with Crippen molar-refractivity contribution in [2.75, 3.05) is 5.32 Å². The molecule has 0 aliphatic heterocycles. The lowest BCUT2D eigenvalue weighted by Crippen LogP contribution is -2.07. The first-order valence-corrected chi connectivity index (χ1v) is 5.94. The highest BCUT2D eigenvalue weighted by Gasteiger charge is 2.04. The Balaban J connectivity index is 2.02. The van der Waals surface area contributed by atoms with Gasteiger partial charge in [0.1, 0.15) is 0 Å². The number of aromatic nitrogens is 4.